The monoisotopic (exact) mass is 240 g/mol. The summed E-state index contributed by atoms with van der Waals surface area (Å²) in [7, 11) is 0. The molecule has 1 aromatic rings. The molecule has 92 valence electrons. The molecule has 0 amide bonds. The average molecular weight is 240 g/mol. The number of carbonyl (C=O) groups excluding carboxylic acids is 1. The molecule has 1 aliphatic rings. The van der Waals surface area contributed by atoms with Crippen LogP contribution in [-0.4, -0.2) is 5.78 Å². The number of benzene rings is 1. The number of allylic oxidation sites excluding steroid dienone is 2. The summed E-state index contributed by atoms with van der Waals surface area (Å²) in [5.41, 5.74) is 2.79. The maximum absolute atomic E-state index is 11.4. The lowest BCUT2D eigenvalue weighted by molar-refractivity contribution is -0.115. The molecular weight excluding hydrogens is 224 g/mol. The minimum Gasteiger partial charge on any atom is -0.384 e. The van der Waals surface area contributed by atoms with Crippen LogP contribution in [0.4, 0.5) is 0 Å². The van der Waals surface area contributed by atoms with Gasteiger partial charge in [0.15, 0.2) is 5.78 Å². The molecule has 3 heteroatoms. The molecule has 0 bridgehead atoms. The van der Waals surface area contributed by atoms with Crippen molar-refractivity contribution in [2.75, 3.05) is 0 Å². The molecule has 0 radical (unpaired) electrons. The van der Waals surface area contributed by atoms with Gasteiger partial charge in [-0.05, 0) is 30.0 Å². The SMILES string of the molecule is CC1CC(=O)C=C(NCc2ccc(C#N)cc2)C1. The zero-order valence-electron chi connectivity index (χ0n) is 10.4. The summed E-state index contributed by atoms with van der Waals surface area (Å²) < 4.78 is 0. The van der Waals surface area contributed by atoms with E-state index in [0.29, 0.717) is 24.4 Å². The van der Waals surface area contributed by atoms with Gasteiger partial charge < -0.3 is 5.32 Å². The second-order valence-electron chi connectivity index (χ2n) is 4.81. The Bertz CT molecular complexity index is 508. The molecule has 0 saturated carbocycles. The second-order valence-corrected chi connectivity index (χ2v) is 4.81. The van der Waals surface area contributed by atoms with E-state index in [1.54, 1.807) is 18.2 Å². The van der Waals surface area contributed by atoms with Crippen molar-refractivity contribution in [1.29, 1.82) is 5.26 Å². The van der Waals surface area contributed by atoms with Gasteiger partial charge in [0, 0.05) is 24.7 Å². The van der Waals surface area contributed by atoms with Crippen LogP contribution in [0, 0.1) is 17.2 Å². The van der Waals surface area contributed by atoms with Crippen molar-refractivity contribution in [3.63, 3.8) is 0 Å². The Morgan fingerprint density at radius 2 is 2.06 bits per heavy atom. The fourth-order valence-electron chi connectivity index (χ4n) is 2.14. The highest BCUT2D eigenvalue weighted by Crippen LogP contribution is 2.19. The van der Waals surface area contributed by atoms with E-state index in [0.717, 1.165) is 17.7 Å². The summed E-state index contributed by atoms with van der Waals surface area (Å²) in [6.07, 6.45) is 3.30. The standard InChI is InChI=1S/C15H16N2O/c1-11-6-14(8-15(18)7-11)17-10-13-4-2-12(9-16)3-5-13/h2-5,8,11,17H,6-7,10H2,1H3. The summed E-state index contributed by atoms with van der Waals surface area (Å²) in [4.78, 5) is 11.4. The van der Waals surface area contributed by atoms with Crippen molar-refractivity contribution in [1.82, 2.24) is 5.32 Å². The maximum Gasteiger partial charge on any atom is 0.157 e. The quantitative estimate of drug-likeness (QED) is 0.883. The van der Waals surface area contributed by atoms with Crippen LogP contribution in [0.1, 0.15) is 30.9 Å². The largest absolute Gasteiger partial charge is 0.384 e. The number of carbonyl (C=O) groups is 1. The summed E-state index contributed by atoms with van der Waals surface area (Å²) in [6.45, 7) is 2.78. The second kappa shape index (κ2) is 5.50. The van der Waals surface area contributed by atoms with Crippen molar-refractivity contribution in [2.45, 2.75) is 26.3 Å². The van der Waals surface area contributed by atoms with E-state index in [4.69, 9.17) is 5.26 Å². The van der Waals surface area contributed by atoms with E-state index >= 15 is 0 Å². The first-order valence-corrected chi connectivity index (χ1v) is 6.13. The van der Waals surface area contributed by atoms with Gasteiger partial charge >= 0.3 is 0 Å². The molecule has 0 aromatic heterocycles. The maximum atomic E-state index is 11.4. The van der Waals surface area contributed by atoms with Gasteiger partial charge in [-0.3, -0.25) is 4.79 Å². The Labute approximate surface area is 107 Å². The molecule has 1 N–H and O–H groups in total. The Balaban J connectivity index is 1.95. The Kier molecular flexibility index (Phi) is 3.78. The van der Waals surface area contributed by atoms with Crippen molar-refractivity contribution in [3.8, 4) is 6.07 Å². The van der Waals surface area contributed by atoms with Crippen molar-refractivity contribution in [3.05, 3.63) is 47.2 Å². The third-order valence-corrected chi connectivity index (χ3v) is 3.06. The van der Waals surface area contributed by atoms with Gasteiger partial charge in [-0.1, -0.05) is 19.1 Å². The first-order chi connectivity index (χ1) is 8.67. The number of rotatable bonds is 3. The van der Waals surface area contributed by atoms with E-state index in [2.05, 4.69) is 18.3 Å². The van der Waals surface area contributed by atoms with E-state index in [1.165, 1.54) is 0 Å². The Morgan fingerprint density at radius 1 is 1.33 bits per heavy atom. The number of hydrogen-bond acceptors (Lipinski definition) is 3. The summed E-state index contributed by atoms with van der Waals surface area (Å²) in [5, 5.41) is 12.0. The molecule has 1 aromatic carbocycles. The molecule has 1 aliphatic carbocycles. The first kappa shape index (κ1) is 12.4. The molecule has 0 heterocycles. The smallest absolute Gasteiger partial charge is 0.157 e. The van der Waals surface area contributed by atoms with Gasteiger partial charge in [0.2, 0.25) is 0 Å². The van der Waals surface area contributed by atoms with Gasteiger partial charge in [0.25, 0.3) is 0 Å². The van der Waals surface area contributed by atoms with Crippen molar-refractivity contribution in [2.24, 2.45) is 5.92 Å². The summed E-state index contributed by atoms with van der Waals surface area (Å²) >= 11 is 0. The number of ketones is 1. The normalized spacial score (nSPS) is 19.0. The van der Waals surface area contributed by atoms with Crippen LogP contribution in [0.5, 0.6) is 0 Å². The number of nitrogens with zero attached hydrogens (tertiary/aromatic N) is 1. The molecule has 0 fully saturated rings. The highest BCUT2D eigenvalue weighted by Gasteiger charge is 2.16. The van der Waals surface area contributed by atoms with Crippen LogP contribution in [0.25, 0.3) is 0 Å². The fraction of sp³-hybridized carbons (Fsp3) is 0.333. The van der Waals surface area contributed by atoms with Gasteiger partial charge in [-0.25, -0.2) is 0 Å². The van der Waals surface area contributed by atoms with Crippen LogP contribution in [0.3, 0.4) is 0 Å². The lowest BCUT2D eigenvalue weighted by Crippen LogP contribution is -2.21. The highest BCUT2D eigenvalue weighted by molar-refractivity contribution is 5.91. The van der Waals surface area contributed by atoms with Crippen LogP contribution >= 0.6 is 0 Å². The molecule has 1 unspecified atom stereocenters. The fourth-order valence-corrected chi connectivity index (χ4v) is 2.14. The average Bonchev–Trinajstić information content (AvgIpc) is 2.36. The van der Waals surface area contributed by atoms with E-state index in [1.807, 2.05) is 12.1 Å². The third kappa shape index (κ3) is 3.21. The van der Waals surface area contributed by atoms with E-state index < -0.39 is 0 Å². The Morgan fingerprint density at radius 3 is 2.67 bits per heavy atom. The molecule has 2 rings (SSSR count). The van der Waals surface area contributed by atoms with Gasteiger partial charge in [0.05, 0.1) is 11.6 Å². The van der Waals surface area contributed by atoms with Crippen LogP contribution in [0.15, 0.2) is 36.0 Å². The molecule has 0 spiro atoms. The van der Waals surface area contributed by atoms with Crippen LogP contribution in [0.2, 0.25) is 0 Å². The zero-order chi connectivity index (χ0) is 13.0. The topological polar surface area (TPSA) is 52.9 Å². The minimum absolute atomic E-state index is 0.205. The lowest BCUT2D eigenvalue weighted by Gasteiger charge is -2.19. The molecule has 1 atom stereocenters. The van der Waals surface area contributed by atoms with E-state index in [9.17, 15) is 4.79 Å². The lowest BCUT2D eigenvalue weighted by atomic mass is 9.93. The predicted molar refractivity (Wildman–Crippen MR) is 69.5 cm³/mol. The highest BCUT2D eigenvalue weighted by atomic mass is 16.1. The van der Waals surface area contributed by atoms with Crippen LogP contribution < -0.4 is 5.32 Å². The molecule has 3 nitrogen and oxygen atoms in total. The minimum atomic E-state index is 0.205. The van der Waals surface area contributed by atoms with Crippen molar-refractivity contribution >= 4 is 5.78 Å². The van der Waals surface area contributed by atoms with E-state index in [-0.39, 0.29) is 5.78 Å². The molecule has 0 saturated heterocycles. The van der Waals surface area contributed by atoms with Gasteiger partial charge in [-0.2, -0.15) is 5.26 Å². The summed E-state index contributed by atoms with van der Waals surface area (Å²) in [5.74, 6) is 0.627. The predicted octanol–water partition coefficient (Wildman–Crippen LogP) is 2.53. The van der Waals surface area contributed by atoms with Crippen LogP contribution in [-0.2, 0) is 11.3 Å². The molecular formula is C15H16N2O. The molecule has 18 heavy (non-hydrogen) atoms. The van der Waals surface area contributed by atoms with Crippen molar-refractivity contribution < 1.29 is 4.79 Å². The molecule has 0 aliphatic heterocycles. The number of nitriles is 1. The first-order valence-electron chi connectivity index (χ1n) is 6.13. The zero-order valence-corrected chi connectivity index (χ0v) is 10.4. The number of hydrogen-bond donors (Lipinski definition) is 1. The third-order valence-electron chi connectivity index (χ3n) is 3.06. The van der Waals surface area contributed by atoms with Gasteiger partial charge in [0.1, 0.15) is 0 Å². The summed E-state index contributed by atoms with van der Waals surface area (Å²) in [6, 6.07) is 9.57. The van der Waals surface area contributed by atoms with Gasteiger partial charge in [-0.15, -0.1) is 0 Å². The Hall–Kier alpha value is -2.08. The number of nitrogens with one attached hydrogen (secondary N) is 1.